The summed E-state index contributed by atoms with van der Waals surface area (Å²) in [6.07, 6.45) is 1.48. The number of aromatic nitrogens is 2. The van der Waals surface area contributed by atoms with Crippen molar-refractivity contribution in [3.63, 3.8) is 0 Å². The van der Waals surface area contributed by atoms with Gasteiger partial charge in [-0.05, 0) is 18.2 Å². The van der Waals surface area contributed by atoms with Crippen molar-refractivity contribution in [2.75, 3.05) is 12.8 Å². The molecule has 0 radical (unpaired) electrons. The topological polar surface area (TPSA) is 61.0 Å². The third-order valence-corrected chi connectivity index (χ3v) is 2.10. The highest BCUT2D eigenvalue weighted by atomic mass is 19.1. The number of nitrogens with zero attached hydrogens (tertiary/aromatic N) is 2. The summed E-state index contributed by atoms with van der Waals surface area (Å²) < 4.78 is 18.7. The molecule has 0 bridgehead atoms. The van der Waals surface area contributed by atoms with Gasteiger partial charge in [-0.15, -0.1) is 0 Å². The average molecular weight is 219 g/mol. The Morgan fingerprint density at radius 1 is 1.31 bits per heavy atom. The zero-order chi connectivity index (χ0) is 11.5. The van der Waals surface area contributed by atoms with E-state index in [0.717, 1.165) is 0 Å². The van der Waals surface area contributed by atoms with E-state index >= 15 is 0 Å². The summed E-state index contributed by atoms with van der Waals surface area (Å²) in [5.74, 6) is 0.445. The maximum Gasteiger partial charge on any atom is 0.168 e. The predicted octanol–water partition coefficient (Wildman–Crippen LogP) is 1.87. The van der Waals surface area contributed by atoms with E-state index in [2.05, 4.69) is 9.97 Å². The Morgan fingerprint density at radius 3 is 2.81 bits per heavy atom. The number of anilines is 1. The van der Waals surface area contributed by atoms with E-state index in [1.54, 1.807) is 12.1 Å². The Hall–Kier alpha value is -2.17. The molecule has 2 aromatic rings. The van der Waals surface area contributed by atoms with Crippen LogP contribution in [0.5, 0.6) is 5.75 Å². The molecule has 0 aliphatic rings. The molecule has 2 N–H and O–H groups in total. The second-order valence-corrected chi connectivity index (χ2v) is 3.12. The quantitative estimate of drug-likeness (QED) is 0.837. The summed E-state index contributed by atoms with van der Waals surface area (Å²) in [4.78, 5) is 7.93. The van der Waals surface area contributed by atoms with Gasteiger partial charge in [0.2, 0.25) is 0 Å². The van der Waals surface area contributed by atoms with Gasteiger partial charge in [0, 0.05) is 6.20 Å². The first-order chi connectivity index (χ1) is 7.72. The summed E-state index contributed by atoms with van der Waals surface area (Å²) in [7, 11) is 1.46. The van der Waals surface area contributed by atoms with Crippen LogP contribution in [-0.2, 0) is 0 Å². The molecule has 0 fully saturated rings. The summed E-state index contributed by atoms with van der Waals surface area (Å²) in [5.41, 5.74) is 5.74. The van der Waals surface area contributed by atoms with Crippen molar-refractivity contribution in [3.05, 3.63) is 36.3 Å². The number of halogens is 1. The van der Waals surface area contributed by atoms with Gasteiger partial charge < -0.3 is 10.5 Å². The average Bonchev–Trinajstić information content (AvgIpc) is 2.28. The maximum absolute atomic E-state index is 13.7. The van der Waals surface area contributed by atoms with E-state index < -0.39 is 5.82 Å². The monoisotopic (exact) mass is 219 g/mol. The molecule has 0 aliphatic carbocycles. The standard InChI is InChI=1S/C11H10FN3O/c1-16-8-4-2-3-7(12)10(8)11-14-6-5-9(13)15-11/h2-6H,1H3,(H2,13,14,15). The number of ether oxygens (including phenoxy) is 1. The fourth-order valence-corrected chi connectivity index (χ4v) is 1.38. The van der Waals surface area contributed by atoms with Gasteiger partial charge in [-0.3, -0.25) is 0 Å². The summed E-state index contributed by atoms with van der Waals surface area (Å²) in [6.45, 7) is 0. The number of hydrogen-bond acceptors (Lipinski definition) is 4. The van der Waals surface area contributed by atoms with Gasteiger partial charge in [-0.25, -0.2) is 14.4 Å². The minimum atomic E-state index is -0.440. The number of methoxy groups -OCH3 is 1. The molecule has 0 atom stereocenters. The Morgan fingerprint density at radius 2 is 2.12 bits per heavy atom. The molecule has 1 aromatic carbocycles. The molecule has 0 unspecified atom stereocenters. The first-order valence-corrected chi connectivity index (χ1v) is 4.64. The van der Waals surface area contributed by atoms with Crippen LogP contribution in [0, 0.1) is 5.82 Å². The Kier molecular flexibility index (Phi) is 2.68. The van der Waals surface area contributed by atoms with Crippen LogP contribution in [0.3, 0.4) is 0 Å². The maximum atomic E-state index is 13.7. The van der Waals surface area contributed by atoms with Crippen LogP contribution in [0.1, 0.15) is 0 Å². The number of rotatable bonds is 2. The smallest absolute Gasteiger partial charge is 0.168 e. The molecule has 0 amide bonds. The molecular formula is C11H10FN3O. The van der Waals surface area contributed by atoms with Crippen molar-refractivity contribution in [2.24, 2.45) is 0 Å². The van der Waals surface area contributed by atoms with Gasteiger partial charge >= 0.3 is 0 Å². The fourth-order valence-electron chi connectivity index (χ4n) is 1.38. The highest BCUT2D eigenvalue weighted by molar-refractivity contribution is 5.65. The zero-order valence-electron chi connectivity index (χ0n) is 8.64. The normalized spacial score (nSPS) is 10.1. The lowest BCUT2D eigenvalue weighted by atomic mass is 10.1. The molecule has 2 rings (SSSR count). The lowest BCUT2D eigenvalue weighted by Crippen LogP contribution is -1.98. The van der Waals surface area contributed by atoms with E-state index in [1.165, 1.54) is 25.4 Å². The van der Waals surface area contributed by atoms with E-state index in [0.29, 0.717) is 5.75 Å². The molecule has 0 saturated heterocycles. The van der Waals surface area contributed by atoms with Crippen molar-refractivity contribution in [1.82, 2.24) is 9.97 Å². The van der Waals surface area contributed by atoms with E-state index in [9.17, 15) is 4.39 Å². The molecule has 5 heteroatoms. The van der Waals surface area contributed by atoms with Crippen molar-refractivity contribution in [1.29, 1.82) is 0 Å². The zero-order valence-corrected chi connectivity index (χ0v) is 8.64. The molecule has 82 valence electrons. The van der Waals surface area contributed by atoms with Crippen LogP contribution in [0.15, 0.2) is 30.5 Å². The summed E-state index contributed by atoms with van der Waals surface area (Å²) >= 11 is 0. The first kappa shape index (κ1) is 10.4. The molecule has 0 spiro atoms. The van der Waals surface area contributed by atoms with Gasteiger partial charge in [0.1, 0.15) is 17.4 Å². The highest BCUT2D eigenvalue weighted by Gasteiger charge is 2.13. The Bertz CT molecular complexity index is 516. The fraction of sp³-hybridized carbons (Fsp3) is 0.0909. The third-order valence-electron chi connectivity index (χ3n) is 2.10. The van der Waals surface area contributed by atoms with Crippen LogP contribution in [0.4, 0.5) is 10.2 Å². The molecule has 1 aromatic heterocycles. The second-order valence-electron chi connectivity index (χ2n) is 3.12. The third kappa shape index (κ3) is 1.79. The van der Waals surface area contributed by atoms with Crippen molar-refractivity contribution >= 4 is 5.82 Å². The van der Waals surface area contributed by atoms with E-state index in [1.807, 2.05) is 0 Å². The summed E-state index contributed by atoms with van der Waals surface area (Å²) in [5, 5.41) is 0. The molecular weight excluding hydrogens is 209 g/mol. The van der Waals surface area contributed by atoms with Gasteiger partial charge in [-0.2, -0.15) is 0 Å². The molecule has 0 aliphatic heterocycles. The van der Waals surface area contributed by atoms with Crippen molar-refractivity contribution < 1.29 is 9.13 Å². The van der Waals surface area contributed by atoms with Gasteiger partial charge in [-0.1, -0.05) is 6.07 Å². The van der Waals surface area contributed by atoms with Gasteiger partial charge in [0.05, 0.1) is 12.7 Å². The predicted molar refractivity (Wildman–Crippen MR) is 58.4 cm³/mol. The number of hydrogen-bond donors (Lipinski definition) is 1. The lowest BCUT2D eigenvalue weighted by molar-refractivity contribution is 0.413. The minimum Gasteiger partial charge on any atom is -0.496 e. The van der Waals surface area contributed by atoms with Crippen LogP contribution in [0.2, 0.25) is 0 Å². The number of nitrogens with two attached hydrogens (primary N) is 1. The van der Waals surface area contributed by atoms with Crippen LogP contribution in [0.25, 0.3) is 11.4 Å². The lowest BCUT2D eigenvalue weighted by Gasteiger charge is -2.08. The summed E-state index contributed by atoms with van der Waals surface area (Å²) in [6, 6.07) is 6.07. The molecule has 4 nitrogen and oxygen atoms in total. The van der Waals surface area contributed by atoms with Crippen LogP contribution < -0.4 is 10.5 Å². The number of nitrogen functional groups attached to an aromatic ring is 1. The largest absolute Gasteiger partial charge is 0.496 e. The van der Waals surface area contributed by atoms with Crippen molar-refractivity contribution in [3.8, 4) is 17.1 Å². The molecule has 16 heavy (non-hydrogen) atoms. The second kappa shape index (κ2) is 4.14. The van der Waals surface area contributed by atoms with Crippen LogP contribution in [-0.4, -0.2) is 17.1 Å². The Balaban J connectivity index is 2.63. The first-order valence-electron chi connectivity index (χ1n) is 4.64. The molecule has 1 heterocycles. The molecule has 0 saturated carbocycles. The van der Waals surface area contributed by atoms with Gasteiger partial charge in [0.25, 0.3) is 0 Å². The van der Waals surface area contributed by atoms with Crippen molar-refractivity contribution in [2.45, 2.75) is 0 Å². The van der Waals surface area contributed by atoms with Gasteiger partial charge in [0.15, 0.2) is 5.82 Å². The van der Waals surface area contributed by atoms with Crippen LogP contribution >= 0.6 is 0 Å². The number of benzene rings is 1. The Labute approximate surface area is 91.9 Å². The SMILES string of the molecule is COc1cccc(F)c1-c1nccc(N)n1. The highest BCUT2D eigenvalue weighted by Crippen LogP contribution is 2.29. The van der Waals surface area contributed by atoms with E-state index in [-0.39, 0.29) is 17.2 Å². The minimum absolute atomic E-state index is 0.218. The van der Waals surface area contributed by atoms with E-state index in [4.69, 9.17) is 10.5 Å².